The Hall–Kier alpha value is -0.380. The van der Waals surface area contributed by atoms with Crippen LogP contribution in [0.2, 0.25) is 0 Å². The molecule has 2 aliphatic heterocycles. The summed E-state index contributed by atoms with van der Waals surface area (Å²) in [6.45, 7) is 7.47. The maximum atomic E-state index is 5.61. The minimum atomic E-state index is -0.485. The lowest BCUT2D eigenvalue weighted by atomic mass is 10.2. The number of fused-ring (bicyclic) bond motifs is 1. The van der Waals surface area contributed by atoms with Gasteiger partial charge in [-0.3, -0.25) is 0 Å². The quantitative estimate of drug-likeness (QED) is 0.557. The summed E-state index contributed by atoms with van der Waals surface area (Å²) in [5.74, 6) is -0.485. The first-order valence-corrected chi connectivity index (χ1v) is 4.24. The lowest BCUT2D eigenvalue weighted by Crippen LogP contribution is -2.24. The molecule has 0 spiro atoms. The van der Waals surface area contributed by atoms with E-state index in [1.807, 2.05) is 13.8 Å². The zero-order valence-corrected chi connectivity index (χ0v) is 7.45. The van der Waals surface area contributed by atoms with Crippen LogP contribution >= 0.6 is 0 Å². The van der Waals surface area contributed by atoms with Gasteiger partial charge >= 0.3 is 0 Å². The molecule has 3 atom stereocenters. The highest BCUT2D eigenvalue weighted by Crippen LogP contribution is 2.37. The Morgan fingerprint density at radius 1 is 1.42 bits per heavy atom. The molecule has 0 aromatic heterocycles. The summed E-state index contributed by atoms with van der Waals surface area (Å²) in [6, 6.07) is 0. The molecule has 0 amide bonds. The molecule has 2 fully saturated rings. The van der Waals surface area contributed by atoms with Crippen LogP contribution < -0.4 is 0 Å². The van der Waals surface area contributed by atoms with Crippen molar-refractivity contribution in [1.82, 2.24) is 0 Å². The van der Waals surface area contributed by atoms with E-state index in [0.717, 1.165) is 6.42 Å². The lowest BCUT2D eigenvalue weighted by molar-refractivity contribution is -0.199. The molecule has 2 rings (SSSR count). The molecule has 0 saturated carbocycles. The van der Waals surface area contributed by atoms with Crippen LogP contribution in [0, 0.1) is 0 Å². The van der Waals surface area contributed by atoms with Crippen molar-refractivity contribution in [2.24, 2.45) is 0 Å². The molecule has 2 aliphatic rings. The van der Waals surface area contributed by atoms with Gasteiger partial charge in [0.2, 0.25) is 0 Å². The average molecular weight is 170 g/mol. The Bertz CT molecular complexity index is 184. The van der Waals surface area contributed by atoms with E-state index in [1.165, 1.54) is 0 Å². The van der Waals surface area contributed by atoms with E-state index in [4.69, 9.17) is 14.2 Å². The van der Waals surface area contributed by atoms with Gasteiger partial charge in [0.25, 0.3) is 0 Å². The van der Waals surface area contributed by atoms with E-state index in [9.17, 15) is 0 Å². The monoisotopic (exact) mass is 170 g/mol. The third kappa shape index (κ3) is 1.28. The van der Waals surface area contributed by atoms with E-state index >= 15 is 0 Å². The van der Waals surface area contributed by atoms with E-state index in [1.54, 1.807) is 6.08 Å². The van der Waals surface area contributed by atoms with Crippen LogP contribution in [0.15, 0.2) is 12.7 Å². The molecular weight excluding hydrogens is 156 g/mol. The van der Waals surface area contributed by atoms with Gasteiger partial charge in [-0.05, 0) is 13.8 Å². The molecule has 68 valence electrons. The molecule has 0 aromatic rings. The summed E-state index contributed by atoms with van der Waals surface area (Å²) < 4.78 is 16.6. The van der Waals surface area contributed by atoms with Crippen molar-refractivity contribution in [2.45, 2.75) is 44.6 Å². The standard InChI is InChI=1S/C9H14O3/c1-4-6-5-7-8(10-6)12-9(2,3)11-7/h4,6-8H,1,5H2,2-3H3/t6-,7-,8-/m1/s1. The Morgan fingerprint density at radius 2 is 2.17 bits per heavy atom. The highest BCUT2D eigenvalue weighted by Gasteiger charge is 2.47. The van der Waals surface area contributed by atoms with Crippen molar-refractivity contribution in [3.05, 3.63) is 12.7 Å². The van der Waals surface area contributed by atoms with Gasteiger partial charge in [0.15, 0.2) is 12.1 Å². The van der Waals surface area contributed by atoms with Crippen LogP contribution in [0.25, 0.3) is 0 Å². The molecule has 0 radical (unpaired) electrons. The smallest absolute Gasteiger partial charge is 0.187 e. The van der Waals surface area contributed by atoms with Gasteiger partial charge in [-0.25, -0.2) is 0 Å². The maximum absolute atomic E-state index is 5.61. The zero-order chi connectivity index (χ0) is 8.77. The number of hydrogen-bond donors (Lipinski definition) is 0. The SMILES string of the molecule is C=C[C@@H]1C[C@H]2OC(C)(C)O[C@H]2O1. The third-order valence-corrected chi connectivity index (χ3v) is 2.18. The van der Waals surface area contributed by atoms with Gasteiger partial charge in [-0.2, -0.15) is 0 Å². The van der Waals surface area contributed by atoms with Crippen molar-refractivity contribution in [3.8, 4) is 0 Å². The fourth-order valence-electron chi connectivity index (χ4n) is 1.69. The summed E-state index contributed by atoms with van der Waals surface area (Å²) in [7, 11) is 0. The van der Waals surface area contributed by atoms with Crippen LogP contribution in [0.1, 0.15) is 20.3 Å². The van der Waals surface area contributed by atoms with E-state index in [2.05, 4.69) is 6.58 Å². The Kier molecular flexibility index (Phi) is 1.75. The van der Waals surface area contributed by atoms with Crippen molar-refractivity contribution in [3.63, 3.8) is 0 Å². The second-order valence-electron chi connectivity index (χ2n) is 3.69. The lowest BCUT2D eigenvalue weighted by Gasteiger charge is -2.19. The summed E-state index contributed by atoms with van der Waals surface area (Å²) in [6.07, 6.45) is 2.64. The van der Waals surface area contributed by atoms with Crippen LogP contribution in [0.5, 0.6) is 0 Å². The Morgan fingerprint density at radius 3 is 2.75 bits per heavy atom. The minimum absolute atomic E-state index is 0.0861. The van der Waals surface area contributed by atoms with Crippen molar-refractivity contribution in [1.29, 1.82) is 0 Å². The van der Waals surface area contributed by atoms with Gasteiger partial charge in [-0.15, -0.1) is 6.58 Å². The van der Waals surface area contributed by atoms with Crippen LogP contribution in [0.3, 0.4) is 0 Å². The summed E-state index contributed by atoms with van der Waals surface area (Å²) in [4.78, 5) is 0. The molecule has 2 saturated heterocycles. The normalized spacial score (nSPS) is 44.3. The molecule has 2 heterocycles. The van der Waals surface area contributed by atoms with E-state index < -0.39 is 5.79 Å². The van der Waals surface area contributed by atoms with Crippen molar-refractivity contribution in [2.75, 3.05) is 0 Å². The van der Waals surface area contributed by atoms with Crippen LogP contribution in [-0.4, -0.2) is 24.3 Å². The largest absolute Gasteiger partial charge is 0.342 e. The predicted molar refractivity (Wildman–Crippen MR) is 43.5 cm³/mol. The fourth-order valence-corrected chi connectivity index (χ4v) is 1.69. The molecule has 0 aliphatic carbocycles. The average Bonchev–Trinajstić information content (AvgIpc) is 2.40. The number of hydrogen-bond acceptors (Lipinski definition) is 3. The number of ether oxygens (including phenoxy) is 3. The topological polar surface area (TPSA) is 27.7 Å². The summed E-state index contributed by atoms with van der Waals surface area (Å²) in [5.41, 5.74) is 0. The molecule has 0 unspecified atom stereocenters. The van der Waals surface area contributed by atoms with E-state index in [0.29, 0.717) is 0 Å². The second-order valence-corrected chi connectivity index (χ2v) is 3.69. The molecule has 0 N–H and O–H groups in total. The van der Waals surface area contributed by atoms with Gasteiger partial charge in [0, 0.05) is 6.42 Å². The first-order valence-electron chi connectivity index (χ1n) is 4.24. The van der Waals surface area contributed by atoms with Gasteiger partial charge in [-0.1, -0.05) is 6.08 Å². The van der Waals surface area contributed by atoms with Gasteiger partial charge < -0.3 is 14.2 Å². The fraction of sp³-hybridized carbons (Fsp3) is 0.778. The van der Waals surface area contributed by atoms with Crippen LogP contribution in [-0.2, 0) is 14.2 Å². The molecule has 0 bridgehead atoms. The number of rotatable bonds is 1. The molecule has 0 aromatic carbocycles. The maximum Gasteiger partial charge on any atom is 0.187 e. The van der Waals surface area contributed by atoms with Crippen molar-refractivity contribution < 1.29 is 14.2 Å². The summed E-state index contributed by atoms with van der Waals surface area (Å²) >= 11 is 0. The molecule has 12 heavy (non-hydrogen) atoms. The molecular formula is C9H14O3. The Labute approximate surface area is 72.3 Å². The minimum Gasteiger partial charge on any atom is -0.342 e. The van der Waals surface area contributed by atoms with Gasteiger partial charge in [0.1, 0.15) is 6.10 Å². The zero-order valence-electron chi connectivity index (χ0n) is 7.45. The summed E-state index contributed by atoms with van der Waals surface area (Å²) in [5, 5.41) is 0. The Balaban J connectivity index is 2.02. The molecule has 3 heteroatoms. The third-order valence-electron chi connectivity index (χ3n) is 2.18. The van der Waals surface area contributed by atoms with Crippen molar-refractivity contribution >= 4 is 0 Å². The first-order chi connectivity index (χ1) is 5.61. The first kappa shape index (κ1) is 8.23. The van der Waals surface area contributed by atoms with E-state index in [-0.39, 0.29) is 18.5 Å². The highest BCUT2D eigenvalue weighted by molar-refractivity contribution is 4.92. The molecule has 3 nitrogen and oxygen atoms in total. The second kappa shape index (κ2) is 2.55. The highest BCUT2D eigenvalue weighted by atomic mass is 16.8. The van der Waals surface area contributed by atoms with Crippen LogP contribution in [0.4, 0.5) is 0 Å². The predicted octanol–water partition coefficient (Wildman–Crippen LogP) is 1.44. The van der Waals surface area contributed by atoms with Gasteiger partial charge in [0.05, 0.1) is 6.10 Å².